The summed E-state index contributed by atoms with van der Waals surface area (Å²) in [6.07, 6.45) is 0. The Morgan fingerprint density at radius 3 is 2.29 bits per heavy atom. The molecule has 31 heavy (non-hydrogen) atoms. The molecule has 1 N–H and O–H groups in total. The van der Waals surface area contributed by atoms with Crippen LogP contribution < -0.4 is 5.32 Å². The van der Waals surface area contributed by atoms with E-state index in [1.807, 2.05) is 11.3 Å². The van der Waals surface area contributed by atoms with Crippen LogP contribution in [-0.4, -0.2) is 0 Å². The van der Waals surface area contributed by atoms with Crippen molar-refractivity contribution in [3.8, 4) is 11.1 Å². The van der Waals surface area contributed by atoms with Crippen LogP contribution in [0.15, 0.2) is 109 Å². The maximum absolute atomic E-state index is 3.66. The van der Waals surface area contributed by atoms with Crippen molar-refractivity contribution in [2.24, 2.45) is 0 Å². The quantitative estimate of drug-likeness (QED) is 0.304. The minimum absolute atomic E-state index is 0.811. The third-order valence-electron chi connectivity index (χ3n) is 5.88. The van der Waals surface area contributed by atoms with Crippen LogP contribution in [0.5, 0.6) is 0 Å². The zero-order valence-electron chi connectivity index (χ0n) is 17.0. The highest BCUT2D eigenvalue weighted by molar-refractivity contribution is 7.26. The second-order valence-corrected chi connectivity index (χ2v) is 8.95. The van der Waals surface area contributed by atoms with Gasteiger partial charge in [-0.1, -0.05) is 84.9 Å². The fourth-order valence-corrected chi connectivity index (χ4v) is 5.52. The van der Waals surface area contributed by atoms with Crippen molar-refractivity contribution in [3.05, 3.63) is 115 Å². The van der Waals surface area contributed by atoms with Gasteiger partial charge in [0, 0.05) is 38.0 Å². The van der Waals surface area contributed by atoms with Crippen molar-refractivity contribution < 1.29 is 0 Å². The Hall–Kier alpha value is -3.62. The lowest BCUT2D eigenvalue weighted by Gasteiger charge is -2.12. The molecule has 6 aromatic rings. The van der Waals surface area contributed by atoms with Crippen LogP contribution in [0.3, 0.4) is 0 Å². The molecule has 0 radical (unpaired) electrons. The van der Waals surface area contributed by atoms with Crippen LogP contribution in [0.25, 0.3) is 42.1 Å². The maximum Gasteiger partial charge on any atom is 0.0435 e. The van der Waals surface area contributed by atoms with Crippen molar-refractivity contribution in [1.82, 2.24) is 0 Å². The van der Waals surface area contributed by atoms with E-state index in [0.29, 0.717) is 0 Å². The van der Waals surface area contributed by atoms with Gasteiger partial charge in [0.1, 0.15) is 0 Å². The molecule has 1 aromatic heterocycles. The topological polar surface area (TPSA) is 12.0 Å². The number of hydrogen-bond acceptors (Lipinski definition) is 2. The first-order valence-corrected chi connectivity index (χ1v) is 11.4. The number of hydrogen-bond donors (Lipinski definition) is 1. The molecule has 0 saturated carbocycles. The number of anilines is 1. The van der Waals surface area contributed by atoms with Gasteiger partial charge in [0.05, 0.1) is 0 Å². The van der Waals surface area contributed by atoms with Gasteiger partial charge in [0.15, 0.2) is 0 Å². The monoisotopic (exact) mass is 415 g/mol. The van der Waals surface area contributed by atoms with Gasteiger partial charge in [-0.2, -0.15) is 0 Å². The van der Waals surface area contributed by atoms with E-state index in [0.717, 1.165) is 12.2 Å². The van der Waals surface area contributed by atoms with Gasteiger partial charge < -0.3 is 5.32 Å². The largest absolute Gasteiger partial charge is 0.381 e. The summed E-state index contributed by atoms with van der Waals surface area (Å²) in [6, 6.07) is 39.3. The summed E-state index contributed by atoms with van der Waals surface area (Å²) in [5.41, 5.74) is 4.99. The molecule has 0 aliphatic rings. The van der Waals surface area contributed by atoms with Crippen LogP contribution >= 0.6 is 11.3 Å². The van der Waals surface area contributed by atoms with E-state index in [2.05, 4.69) is 115 Å². The SMILES string of the molecule is c1ccc(CNc2cc(-c3ccc4ccccc4c3)c3sc4ccccc4c3c2)cc1. The molecular formula is C29H21NS. The summed E-state index contributed by atoms with van der Waals surface area (Å²) in [6.45, 7) is 0.811. The molecule has 0 amide bonds. The summed E-state index contributed by atoms with van der Waals surface area (Å²) >= 11 is 1.88. The van der Waals surface area contributed by atoms with Crippen molar-refractivity contribution in [2.45, 2.75) is 6.54 Å². The second kappa shape index (κ2) is 7.57. The molecule has 0 saturated heterocycles. The number of nitrogens with one attached hydrogen (secondary N) is 1. The van der Waals surface area contributed by atoms with Gasteiger partial charge in [-0.05, 0) is 46.2 Å². The Morgan fingerprint density at radius 2 is 1.39 bits per heavy atom. The minimum Gasteiger partial charge on any atom is -0.381 e. The maximum atomic E-state index is 3.66. The summed E-state index contributed by atoms with van der Waals surface area (Å²) < 4.78 is 2.68. The molecule has 0 unspecified atom stereocenters. The van der Waals surface area contributed by atoms with Crippen molar-refractivity contribution in [1.29, 1.82) is 0 Å². The Bertz CT molecular complexity index is 1530. The predicted molar refractivity (Wildman–Crippen MR) is 136 cm³/mol. The van der Waals surface area contributed by atoms with Gasteiger partial charge in [0.2, 0.25) is 0 Å². The van der Waals surface area contributed by atoms with Crippen LogP contribution in [0.2, 0.25) is 0 Å². The zero-order chi connectivity index (χ0) is 20.6. The first kappa shape index (κ1) is 18.2. The van der Waals surface area contributed by atoms with E-state index in [1.54, 1.807) is 0 Å². The third kappa shape index (κ3) is 3.35. The van der Waals surface area contributed by atoms with Crippen molar-refractivity contribution >= 4 is 48.0 Å². The molecule has 1 nitrogen and oxygen atoms in total. The Kier molecular flexibility index (Phi) is 4.44. The lowest BCUT2D eigenvalue weighted by molar-refractivity contribution is 1.15. The average Bonchev–Trinajstić information content (AvgIpc) is 3.21. The zero-order valence-corrected chi connectivity index (χ0v) is 17.8. The summed E-state index contributed by atoms with van der Waals surface area (Å²) in [4.78, 5) is 0. The molecular weight excluding hydrogens is 394 g/mol. The molecule has 0 aliphatic carbocycles. The molecule has 1 heterocycles. The van der Waals surface area contributed by atoms with E-state index in [1.165, 1.54) is 47.6 Å². The highest BCUT2D eigenvalue weighted by atomic mass is 32.1. The lowest BCUT2D eigenvalue weighted by atomic mass is 9.98. The van der Waals surface area contributed by atoms with Crippen molar-refractivity contribution in [2.75, 3.05) is 5.32 Å². The standard InChI is InChI=1S/C29H21NS/c1-2-8-20(9-3-1)19-30-24-17-26(23-15-14-21-10-4-5-11-22(21)16-23)29-27(18-24)25-12-6-7-13-28(25)31-29/h1-18,30H,19H2. The normalized spacial score (nSPS) is 11.4. The van der Waals surface area contributed by atoms with Crippen molar-refractivity contribution in [3.63, 3.8) is 0 Å². The average molecular weight is 416 g/mol. The second-order valence-electron chi connectivity index (χ2n) is 7.90. The minimum atomic E-state index is 0.811. The van der Waals surface area contributed by atoms with Gasteiger partial charge in [-0.25, -0.2) is 0 Å². The fourth-order valence-electron chi connectivity index (χ4n) is 4.30. The molecule has 2 heteroatoms. The van der Waals surface area contributed by atoms with E-state index < -0.39 is 0 Å². The highest BCUT2D eigenvalue weighted by Gasteiger charge is 2.13. The number of thiophene rings is 1. The Labute approximate surface area is 185 Å². The molecule has 0 bridgehead atoms. The molecule has 0 aliphatic heterocycles. The van der Waals surface area contributed by atoms with Gasteiger partial charge in [-0.3, -0.25) is 0 Å². The van der Waals surface area contributed by atoms with Crippen LogP contribution in [-0.2, 0) is 6.54 Å². The molecule has 0 atom stereocenters. The summed E-state index contributed by atoms with van der Waals surface area (Å²) in [5.74, 6) is 0. The lowest BCUT2D eigenvalue weighted by Crippen LogP contribution is -1.99. The van der Waals surface area contributed by atoms with Gasteiger partial charge in [-0.15, -0.1) is 11.3 Å². The predicted octanol–water partition coefficient (Wildman–Crippen LogP) is 8.49. The van der Waals surface area contributed by atoms with E-state index in [-0.39, 0.29) is 0 Å². The van der Waals surface area contributed by atoms with Crippen LogP contribution in [0.1, 0.15) is 5.56 Å². The van der Waals surface area contributed by atoms with Crippen LogP contribution in [0.4, 0.5) is 5.69 Å². The molecule has 0 spiro atoms. The first-order valence-electron chi connectivity index (χ1n) is 10.6. The summed E-state index contributed by atoms with van der Waals surface area (Å²) in [5, 5.41) is 8.86. The van der Waals surface area contributed by atoms with Crippen LogP contribution in [0, 0.1) is 0 Å². The summed E-state index contributed by atoms with van der Waals surface area (Å²) in [7, 11) is 0. The number of rotatable bonds is 4. The number of benzene rings is 5. The highest BCUT2D eigenvalue weighted by Crippen LogP contribution is 2.42. The van der Waals surface area contributed by atoms with E-state index in [4.69, 9.17) is 0 Å². The molecule has 6 rings (SSSR count). The van der Waals surface area contributed by atoms with E-state index in [9.17, 15) is 0 Å². The molecule has 148 valence electrons. The van der Waals surface area contributed by atoms with Gasteiger partial charge in [0.25, 0.3) is 0 Å². The first-order chi connectivity index (χ1) is 15.3. The van der Waals surface area contributed by atoms with Gasteiger partial charge >= 0.3 is 0 Å². The smallest absolute Gasteiger partial charge is 0.0435 e. The third-order valence-corrected chi connectivity index (χ3v) is 7.10. The number of fused-ring (bicyclic) bond motifs is 4. The Balaban J connectivity index is 1.53. The van der Waals surface area contributed by atoms with E-state index >= 15 is 0 Å². The molecule has 0 fully saturated rings. The molecule has 5 aromatic carbocycles. The fraction of sp³-hybridized carbons (Fsp3) is 0.0345. The Morgan fingerprint density at radius 1 is 0.613 bits per heavy atom.